The van der Waals surface area contributed by atoms with Crippen molar-refractivity contribution < 1.29 is 14.5 Å². The van der Waals surface area contributed by atoms with Gasteiger partial charge in [-0.2, -0.15) is 4.99 Å². The van der Waals surface area contributed by atoms with Crippen LogP contribution in [0.4, 0.5) is 11.4 Å². The Hall–Kier alpha value is -4.11. The van der Waals surface area contributed by atoms with Crippen LogP contribution in [0.2, 0.25) is 0 Å². The highest BCUT2D eigenvalue weighted by Crippen LogP contribution is 2.31. The third-order valence-electron chi connectivity index (χ3n) is 6.01. The van der Waals surface area contributed by atoms with Gasteiger partial charge in [-0.15, -0.1) is 0 Å². The molecule has 8 nitrogen and oxygen atoms in total. The van der Waals surface area contributed by atoms with Gasteiger partial charge in [0.1, 0.15) is 12.4 Å². The van der Waals surface area contributed by atoms with Crippen LogP contribution in [0.25, 0.3) is 6.08 Å². The number of anilines is 1. The smallest absolute Gasteiger partial charge is 0.286 e. The van der Waals surface area contributed by atoms with E-state index in [1.807, 2.05) is 60.7 Å². The molecule has 3 aromatic carbocycles. The summed E-state index contributed by atoms with van der Waals surface area (Å²) < 4.78 is 5.84. The molecule has 5 rings (SSSR count). The monoisotopic (exact) mass is 500 g/mol. The van der Waals surface area contributed by atoms with E-state index in [0.29, 0.717) is 11.5 Å². The van der Waals surface area contributed by atoms with Gasteiger partial charge in [0.25, 0.3) is 11.6 Å². The number of amidine groups is 1. The van der Waals surface area contributed by atoms with Crippen molar-refractivity contribution in [2.75, 3.05) is 31.1 Å². The average molecular weight is 501 g/mol. The van der Waals surface area contributed by atoms with Crippen molar-refractivity contribution in [3.05, 3.63) is 105 Å². The highest BCUT2D eigenvalue weighted by Gasteiger charge is 2.28. The van der Waals surface area contributed by atoms with E-state index >= 15 is 0 Å². The summed E-state index contributed by atoms with van der Waals surface area (Å²) in [6.07, 6.45) is 1.86. The second-order valence-electron chi connectivity index (χ2n) is 8.40. The largest absolute Gasteiger partial charge is 0.489 e. The highest BCUT2D eigenvalue weighted by molar-refractivity contribution is 8.18. The van der Waals surface area contributed by atoms with Gasteiger partial charge in [0.15, 0.2) is 5.17 Å². The maximum Gasteiger partial charge on any atom is 0.286 e. The van der Waals surface area contributed by atoms with Gasteiger partial charge in [-0.25, -0.2) is 0 Å². The van der Waals surface area contributed by atoms with Crippen LogP contribution in [-0.2, 0) is 11.4 Å². The number of benzene rings is 3. The molecule has 2 heterocycles. The molecule has 9 heteroatoms. The van der Waals surface area contributed by atoms with Crippen LogP contribution >= 0.6 is 11.8 Å². The van der Waals surface area contributed by atoms with E-state index in [-0.39, 0.29) is 11.6 Å². The van der Waals surface area contributed by atoms with E-state index in [2.05, 4.69) is 14.8 Å². The molecule has 0 spiro atoms. The molecule has 1 saturated heterocycles. The lowest BCUT2D eigenvalue weighted by atomic mass is 10.2. The molecule has 2 aliphatic heterocycles. The SMILES string of the molecule is O=C1N=C(N2CCN(c3ccc([N+](=O)[O-])cc3)CC2)S/C1=C\c1ccc(OCc2ccccc2)cc1. The average Bonchev–Trinajstić information content (AvgIpc) is 3.29. The Morgan fingerprint density at radius 1 is 0.917 bits per heavy atom. The van der Waals surface area contributed by atoms with Gasteiger partial charge >= 0.3 is 0 Å². The van der Waals surface area contributed by atoms with Crippen LogP contribution in [0.3, 0.4) is 0 Å². The van der Waals surface area contributed by atoms with Gasteiger partial charge in [0, 0.05) is 44.0 Å². The number of carbonyl (C=O) groups is 1. The summed E-state index contributed by atoms with van der Waals surface area (Å²) in [5.41, 5.74) is 3.06. The molecule has 0 bridgehead atoms. The molecule has 36 heavy (non-hydrogen) atoms. The van der Waals surface area contributed by atoms with Crippen molar-refractivity contribution in [1.82, 2.24) is 4.90 Å². The zero-order valence-corrected chi connectivity index (χ0v) is 20.3. The third-order valence-corrected chi connectivity index (χ3v) is 7.06. The maximum absolute atomic E-state index is 12.5. The van der Waals surface area contributed by atoms with Crippen molar-refractivity contribution in [1.29, 1.82) is 0 Å². The van der Waals surface area contributed by atoms with Crippen molar-refractivity contribution in [3.63, 3.8) is 0 Å². The standard InChI is InChI=1S/C27H24N4O4S/c32-26-25(18-20-6-12-24(13-7-20)35-19-21-4-2-1-3-5-21)36-27(28-26)30-16-14-29(15-17-30)22-8-10-23(11-9-22)31(33)34/h1-13,18H,14-17,19H2/b25-18-. The number of amides is 1. The molecule has 1 fully saturated rings. The minimum absolute atomic E-state index is 0.0845. The lowest BCUT2D eigenvalue weighted by molar-refractivity contribution is -0.384. The van der Waals surface area contributed by atoms with Crippen LogP contribution < -0.4 is 9.64 Å². The first kappa shape index (κ1) is 23.6. The van der Waals surface area contributed by atoms with Crippen LogP contribution in [0.1, 0.15) is 11.1 Å². The fourth-order valence-corrected chi connectivity index (χ4v) is 4.99. The van der Waals surface area contributed by atoms with E-state index in [4.69, 9.17) is 4.74 Å². The predicted molar refractivity (Wildman–Crippen MR) is 142 cm³/mol. The Kier molecular flexibility index (Phi) is 6.99. The van der Waals surface area contributed by atoms with E-state index in [1.54, 1.807) is 12.1 Å². The normalized spacial score (nSPS) is 16.8. The van der Waals surface area contributed by atoms with Gasteiger partial charge in [-0.3, -0.25) is 14.9 Å². The highest BCUT2D eigenvalue weighted by atomic mass is 32.2. The Labute approximate surface area is 213 Å². The first-order valence-corrected chi connectivity index (χ1v) is 12.4. The van der Waals surface area contributed by atoms with E-state index in [0.717, 1.165) is 53.9 Å². The number of rotatable bonds is 6. The molecular formula is C27H24N4O4S. The molecule has 0 aromatic heterocycles. The number of nitro benzene ring substituents is 1. The zero-order valence-electron chi connectivity index (χ0n) is 19.4. The van der Waals surface area contributed by atoms with Gasteiger partial charge in [-0.1, -0.05) is 42.5 Å². The number of nitro groups is 1. The van der Waals surface area contributed by atoms with Crippen molar-refractivity contribution in [2.45, 2.75) is 6.61 Å². The lowest BCUT2D eigenvalue weighted by Gasteiger charge is -2.36. The second-order valence-corrected chi connectivity index (χ2v) is 9.41. The molecule has 0 unspecified atom stereocenters. The van der Waals surface area contributed by atoms with E-state index in [9.17, 15) is 14.9 Å². The quantitative estimate of drug-likeness (QED) is 0.268. The molecular weight excluding hydrogens is 476 g/mol. The molecule has 182 valence electrons. The third kappa shape index (κ3) is 5.58. The number of thioether (sulfide) groups is 1. The van der Waals surface area contributed by atoms with Crippen LogP contribution in [0.5, 0.6) is 5.75 Å². The number of aliphatic imine (C=N–C) groups is 1. The molecule has 0 atom stereocenters. The zero-order chi connectivity index (χ0) is 24.9. The minimum Gasteiger partial charge on any atom is -0.489 e. The summed E-state index contributed by atoms with van der Waals surface area (Å²) in [6, 6.07) is 24.3. The number of carbonyl (C=O) groups excluding carboxylic acids is 1. The number of hydrogen-bond donors (Lipinski definition) is 0. The summed E-state index contributed by atoms with van der Waals surface area (Å²) >= 11 is 1.40. The fraction of sp³-hybridized carbons (Fsp3) is 0.185. The molecule has 3 aromatic rings. The first-order chi connectivity index (χ1) is 17.5. The summed E-state index contributed by atoms with van der Waals surface area (Å²) in [5, 5.41) is 11.6. The predicted octanol–water partition coefficient (Wildman–Crippen LogP) is 4.97. The maximum atomic E-state index is 12.5. The first-order valence-electron chi connectivity index (χ1n) is 11.6. The van der Waals surface area contributed by atoms with E-state index < -0.39 is 4.92 Å². The number of piperazine rings is 1. The Balaban J connectivity index is 1.15. The Morgan fingerprint density at radius 2 is 1.58 bits per heavy atom. The lowest BCUT2D eigenvalue weighted by Crippen LogP contribution is -2.47. The van der Waals surface area contributed by atoms with Crippen LogP contribution in [-0.4, -0.2) is 47.1 Å². The van der Waals surface area contributed by atoms with Crippen molar-refractivity contribution >= 4 is 40.3 Å². The number of non-ortho nitro benzene ring substituents is 1. The summed E-state index contributed by atoms with van der Waals surface area (Å²) in [5.74, 6) is 0.548. The molecule has 1 amide bonds. The van der Waals surface area contributed by atoms with Gasteiger partial charge in [-0.05, 0) is 53.2 Å². The molecule has 0 N–H and O–H groups in total. The second kappa shape index (κ2) is 10.7. The van der Waals surface area contributed by atoms with Crippen LogP contribution in [0, 0.1) is 10.1 Å². The Morgan fingerprint density at radius 3 is 2.25 bits per heavy atom. The van der Waals surface area contributed by atoms with Crippen molar-refractivity contribution in [3.8, 4) is 5.75 Å². The molecule has 2 aliphatic rings. The summed E-state index contributed by atoms with van der Waals surface area (Å²) in [6.45, 7) is 3.43. The van der Waals surface area contributed by atoms with E-state index in [1.165, 1.54) is 23.9 Å². The minimum atomic E-state index is -0.395. The molecule has 0 radical (unpaired) electrons. The summed E-state index contributed by atoms with van der Waals surface area (Å²) in [4.78, 5) is 32.2. The van der Waals surface area contributed by atoms with Crippen LogP contribution in [0.15, 0.2) is 88.8 Å². The number of hydrogen-bond acceptors (Lipinski definition) is 7. The Bertz CT molecular complexity index is 1300. The number of ether oxygens (including phenoxy) is 1. The molecule has 0 saturated carbocycles. The van der Waals surface area contributed by atoms with Gasteiger partial charge < -0.3 is 14.5 Å². The topological polar surface area (TPSA) is 88.3 Å². The molecule has 0 aliphatic carbocycles. The summed E-state index contributed by atoms with van der Waals surface area (Å²) in [7, 11) is 0. The van der Waals surface area contributed by atoms with Gasteiger partial charge in [0.2, 0.25) is 0 Å². The van der Waals surface area contributed by atoms with Crippen molar-refractivity contribution in [2.24, 2.45) is 4.99 Å². The fourth-order valence-electron chi connectivity index (χ4n) is 4.03. The van der Waals surface area contributed by atoms with Gasteiger partial charge in [0.05, 0.1) is 9.83 Å². The number of nitrogens with zero attached hydrogens (tertiary/aromatic N) is 4.